The van der Waals surface area contributed by atoms with Gasteiger partial charge in [-0.2, -0.15) is 0 Å². The topological polar surface area (TPSA) is 59.4 Å². The third kappa shape index (κ3) is 3.31. The van der Waals surface area contributed by atoms with E-state index < -0.39 is 5.97 Å². The maximum atomic E-state index is 11.0. The largest absolute Gasteiger partial charge is 0.489 e. The number of benzene rings is 1. The number of ether oxygens (including phenoxy) is 1. The van der Waals surface area contributed by atoms with E-state index in [1.54, 1.807) is 30.6 Å². The number of pyridine rings is 1. The molecule has 19 heavy (non-hydrogen) atoms. The molecule has 98 valence electrons. The molecule has 0 aliphatic carbocycles. The van der Waals surface area contributed by atoms with Crippen molar-refractivity contribution in [3.63, 3.8) is 0 Å². The van der Waals surface area contributed by atoms with Crippen LogP contribution in [0.3, 0.4) is 0 Å². The molecule has 0 atom stereocenters. The molecular formula is C15H15NO3. The molecule has 0 radical (unpaired) electrons. The summed E-state index contributed by atoms with van der Waals surface area (Å²) in [4.78, 5) is 15.1. The van der Waals surface area contributed by atoms with E-state index in [0.717, 1.165) is 11.1 Å². The SMILES string of the molecule is CC(C)Oc1cncc(-c2cccc(C(=O)O)c2)c1. The van der Waals surface area contributed by atoms with Crippen molar-refractivity contribution < 1.29 is 14.6 Å². The third-order valence-electron chi connectivity index (χ3n) is 2.53. The van der Waals surface area contributed by atoms with E-state index in [-0.39, 0.29) is 11.7 Å². The van der Waals surface area contributed by atoms with E-state index in [0.29, 0.717) is 5.75 Å². The number of nitrogens with zero attached hydrogens (tertiary/aromatic N) is 1. The van der Waals surface area contributed by atoms with Gasteiger partial charge in [-0.25, -0.2) is 4.79 Å². The van der Waals surface area contributed by atoms with Gasteiger partial charge in [-0.05, 0) is 37.6 Å². The van der Waals surface area contributed by atoms with Gasteiger partial charge in [-0.15, -0.1) is 0 Å². The summed E-state index contributed by atoms with van der Waals surface area (Å²) in [6.07, 6.45) is 3.40. The van der Waals surface area contributed by atoms with Crippen LogP contribution in [0.1, 0.15) is 24.2 Å². The molecule has 0 aliphatic rings. The number of rotatable bonds is 4. The standard InChI is InChI=1S/C15H15NO3/c1-10(2)19-14-7-13(8-16-9-14)11-4-3-5-12(6-11)15(17)18/h3-10H,1-2H3,(H,17,18). The molecular weight excluding hydrogens is 242 g/mol. The Bertz CT molecular complexity index is 593. The van der Waals surface area contributed by atoms with Gasteiger partial charge in [-0.3, -0.25) is 4.98 Å². The number of hydrogen-bond acceptors (Lipinski definition) is 3. The zero-order valence-electron chi connectivity index (χ0n) is 10.8. The highest BCUT2D eigenvalue weighted by Crippen LogP contribution is 2.24. The fourth-order valence-electron chi connectivity index (χ4n) is 1.75. The van der Waals surface area contributed by atoms with Crippen molar-refractivity contribution in [2.24, 2.45) is 0 Å². The normalized spacial score (nSPS) is 10.5. The van der Waals surface area contributed by atoms with Crippen LogP contribution in [-0.4, -0.2) is 22.2 Å². The van der Waals surface area contributed by atoms with Crippen LogP contribution in [0.2, 0.25) is 0 Å². The van der Waals surface area contributed by atoms with Crippen LogP contribution < -0.4 is 4.74 Å². The van der Waals surface area contributed by atoms with E-state index in [1.807, 2.05) is 26.0 Å². The second-order valence-corrected chi connectivity index (χ2v) is 4.46. The lowest BCUT2D eigenvalue weighted by atomic mass is 10.0. The van der Waals surface area contributed by atoms with Gasteiger partial charge in [0.1, 0.15) is 5.75 Å². The minimum absolute atomic E-state index is 0.0717. The Balaban J connectivity index is 2.36. The van der Waals surface area contributed by atoms with Gasteiger partial charge < -0.3 is 9.84 Å². The summed E-state index contributed by atoms with van der Waals surface area (Å²) in [7, 11) is 0. The lowest BCUT2D eigenvalue weighted by Gasteiger charge is -2.10. The molecule has 1 N–H and O–H groups in total. The Labute approximate surface area is 111 Å². The van der Waals surface area contributed by atoms with Crippen LogP contribution >= 0.6 is 0 Å². The highest BCUT2D eigenvalue weighted by molar-refractivity contribution is 5.89. The van der Waals surface area contributed by atoms with Gasteiger partial charge in [0.15, 0.2) is 0 Å². The Hall–Kier alpha value is -2.36. The summed E-state index contributed by atoms with van der Waals surface area (Å²) < 4.78 is 5.58. The number of aromatic carboxylic acids is 1. The minimum atomic E-state index is -0.940. The number of carbonyl (C=O) groups is 1. The van der Waals surface area contributed by atoms with E-state index in [9.17, 15) is 4.79 Å². The highest BCUT2D eigenvalue weighted by atomic mass is 16.5. The lowest BCUT2D eigenvalue weighted by molar-refractivity contribution is 0.0697. The minimum Gasteiger partial charge on any atom is -0.489 e. The van der Waals surface area contributed by atoms with Gasteiger partial charge in [-0.1, -0.05) is 12.1 Å². The molecule has 0 aliphatic heterocycles. The van der Waals surface area contributed by atoms with Crippen LogP contribution in [0.4, 0.5) is 0 Å². The van der Waals surface area contributed by atoms with Crippen molar-refractivity contribution in [1.29, 1.82) is 0 Å². The average Bonchev–Trinajstić information content (AvgIpc) is 2.38. The van der Waals surface area contributed by atoms with Crippen molar-refractivity contribution in [2.45, 2.75) is 20.0 Å². The second-order valence-electron chi connectivity index (χ2n) is 4.46. The lowest BCUT2D eigenvalue weighted by Crippen LogP contribution is -2.05. The predicted octanol–water partition coefficient (Wildman–Crippen LogP) is 3.23. The average molecular weight is 257 g/mol. The van der Waals surface area contributed by atoms with Gasteiger partial charge in [0.05, 0.1) is 17.9 Å². The smallest absolute Gasteiger partial charge is 0.335 e. The number of carboxylic acid groups (broad SMARTS) is 1. The molecule has 1 heterocycles. The molecule has 2 aromatic rings. The molecule has 0 saturated carbocycles. The summed E-state index contributed by atoms with van der Waals surface area (Å²) in [5.74, 6) is -0.266. The van der Waals surface area contributed by atoms with E-state index in [4.69, 9.17) is 9.84 Å². The molecule has 0 unspecified atom stereocenters. The number of carboxylic acids is 1. The highest BCUT2D eigenvalue weighted by Gasteiger charge is 2.06. The van der Waals surface area contributed by atoms with Crippen LogP contribution in [0, 0.1) is 0 Å². The van der Waals surface area contributed by atoms with E-state index in [1.165, 1.54) is 0 Å². The molecule has 0 fully saturated rings. The van der Waals surface area contributed by atoms with Crippen molar-refractivity contribution in [1.82, 2.24) is 4.98 Å². The first-order valence-corrected chi connectivity index (χ1v) is 6.01. The van der Waals surface area contributed by atoms with Crippen LogP contribution in [-0.2, 0) is 0 Å². The molecule has 0 amide bonds. The molecule has 4 heteroatoms. The summed E-state index contributed by atoms with van der Waals surface area (Å²) in [6.45, 7) is 3.88. The Morgan fingerprint density at radius 1 is 1.21 bits per heavy atom. The summed E-state index contributed by atoms with van der Waals surface area (Å²) in [6, 6.07) is 8.61. The summed E-state index contributed by atoms with van der Waals surface area (Å²) in [5, 5.41) is 8.99. The van der Waals surface area contributed by atoms with Crippen LogP contribution in [0.15, 0.2) is 42.7 Å². The molecule has 1 aromatic carbocycles. The molecule has 0 bridgehead atoms. The number of aromatic nitrogens is 1. The van der Waals surface area contributed by atoms with E-state index in [2.05, 4.69) is 4.98 Å². The maximum absolute atomic E-state index is 11.0. The zero-order valence-corrected chi connectivity index (χ0v) is 10.8. The van der Waals surface area contributed by atoms with Crippen molar-refractivity contribution in [3.05, 3.63) is 48.3 Å². The van der Waals surface area contributed by atoms with Gasteiger partial charge in [0.25, 0.3) is 0 Å². The Morgan fingerprint density at radius 3 is 2.68 bits per heavy atom. The van der Waals surface area contributed by atoms with Crippen molar-refractivity contribution in [3.8, 4) is 16.9 Å². The molecule has 2 rings (SSSR count). The fraction of sp³-hybridized carbons (Fsp3) is 0.200. The Morgan fingerprint density at radius 2 is 2.00 bits per heavy atom. The van der Waals surface area contributed by atoms with E-state index >= 15 is 0 Å². The first-order chi connectivity index (χ1) is 9.06. The molecule has 4 nitrogen and oxygen atoms in total. The first kappa shape index (κ1) is 13.1. The quantitative estimate of drug-likeness (QED) is 0.913. The monoisotopic (exact) mass is 257 g/mol. The number of hydrogen-bond donors (Lipinski definition) is 1. The van der Waals surface area contributed by atoms with Crippen LogP contribution in [0.25, 0.3) is 11.1 Å². The third-order valence-corrected chi connectivity index (χ3v) is 2.53. The van der Waals surface area contributed by atoms with Crippen molar-refractivity contribution in [2.75, 3.05) is 0 Å². The molecule has 0 spiro atoms. The van der Waals surface area contributed by atoms with Gasteiger partial charge in [0.2, 0.25) is 0 Å². The van der Waals surface area contributed by atoms with Gasteiger partial charge in [0, 0.05) is 11.8 Å². The van der Waals surface area contributed by atoms with Crippen LogP contribution in [0.5, 0.6) is 5.75 Å². The molecule has 1 aromatic heterocycles. The fourth-order valence-corrected chi connectivity index (χ4v) is 1.75. The predicted molar refractivity (Wildman–Crippen MR) is 72.4 cm³/mol. The Kier molecular flexibility index (Phi) is 3.80. The summed E-state index contributed by atoms with van der Waals surface area (Å²) >= 11 is 0. The first-order valence-electron chi connectivity index (χ1n) is 6.01. The molecule has 0 saturated heterocycles. The maximum Gasteiger partial charge on any atom is 0.335 e. The van der Waals surface area contributed by atoms with Crippen molar-refractivity contribution >= 4 is 5.97 Å². The summed E-state index contributed by atoms with van der Waals surface area (Å²) in [5.41, 5.74) is 1.90. The zero-order chi connectivity index (χ0) is 13.8. The second kappa shape index (κ2) is 5.52. The van der Waals surface area contributed by atoms with Gasteiger partial charge >= 0.3 is 5.97 Å².